The van der Waals surface area contributed by atoms with E-state index in [9.17, 15) is 14.7 Å². The Kier molecular flexibility index (Phi) is 8.43. The molecule has 0 aliphatic heterocycles. The van der Waals surface area contributed by atoms with Crippen molar-refractivity contribution in [3.8, 4) is 11.8 Å². The number of carbonyl (C=O) groups excluding carboxylic acids is 1. The van der Waals surface area contributed by atoms with Crippen LogP contribution in [0.3, 0.4) is 0 Å². The largest absolute Gasteiger partial charge is 0.481 e. The normalized spacial score (nSPS) is 12.7. The Morgan fingerprint density at radius 1 is 0.900 bits per heavy atom. The number of nitrogens with zero attached hydrogens (tertiary/aromatic N) is 3. The molecule has 0 radical (unpaired) electrons. The van der Waals surface area contributed by atoms with Crippen LogP contribution in [-0.4, -0.2) is 39.1 Å². The lowest BCUT2D eigenvalue weighted by atomic mass is 9.59. The van der Waals surface area contributed by atoms with Gasteiger partial charge in [0, 0.05) is 18.9 Å². The molecule has 0 saturated carbocycles. The maximum atomic E-state index is 12.2. The number of hydrogen-bond acceptors (Lipinski definition) is 8. The van der Waals surface area contributed by atoms with Crippen LogP contribution >= 0.6 is 0 Å². The molecule has 9 nitrogen and oxygen atoms in total. The fourth-order valence-electron chi connectivity index (χ4n) is 4.73. The Hall–Kier alpha value is -4.79. The molecule has 0 aliphatic rings. The summed E-state index contributed by atoms with van der Waals surface area (Å²) >= 11 is 0. The van der Waals surface area contributed by atoms with Crippen molar-refractivity contribution in [1.29, 1.82) is 0 Å². The molecule has 2 N–H and O–H groups in total. The van der Waals surface area contributed by atoms with Gasteiger partial charge in [-0.3, -0.25) is 4.79 Å². The van der Waals surface area contributed by atoms with Crippen molar-refractivity contribution in [3.63, 3.8) is 0 Å². The second kappa shape index (κ2) is 11.9. The molecule has 2 aromatic carbocycles. The van der Waals surface area contributed by atoms with E-state index in [1.165, 1.54) is 7.11 Å². The highest BCUT2D eigenvalue weighted by molar-refractivity contribution is 5.89. The average Bonchev–Trinajstić information content (AvgIpc) is 2.95. The number of carboxylic acids is 1. The summed E-state index contributed by atoms with van der Waals surface area (Å²) in [4.78, 5) is 37.5. The third-order valence-corrected chi connectivity index (χ3v) is 6.84. The van der Waals surface area contributed by atoms with Gasteiger partial charge in [0.2, 0.25) is 0 Å². The van der Waals surface area contributed by atoms with Crippen molar-refractivity contribution in [3.05, 3.63) is 108 Å². The maximum absolute atomic E-state index is 12.2. The second-order valence-corrected chi connectivity index (χ2v) is 10.3. The van der Waals surface area contributed by atoms with Gasteiger partial charge >= 0.3 is 17.9 Å². The van der Waals surface area contributed by atoms with Gasteiger partial charge in [0.05, 0.1) is 30.2 Å². The number of pyridine rings is 1. The summed E-state index contributed by atoms with van der Waals surface area (Å²) in [5, 5.41) is 13.3. The van der Waals surface area contributed by atoms with Crippen LogP contribution < -0.4 is 10.1 Å². The number of anilines is 1. The summed E-state index contributed by atoms with van der Waals surface area (Å²) in [6.07, 6.45) is 3.06. The zero-order valence-electron chi connectivity index (χ0n) is 22.9. The molecule has 2 aromatic heterocycles. The predicted octanol–water partition coefficient (Wildman–Crippen LogP) is 5.87. The van der Waals surface area contributed by atoms with Gasteiger partial charge in [0.25, 0.3) is 0 Å². The van der Waals surface area contributed by atoms with Crippen molar-refractivity contribution >= 4 is 17.8 Å². The number of aliphatic carboxylic acids is 1. The monoisotopic (exact) mass is 540 g/mol. The van der Waals surface area contributed by atoms with Gasteiger partial charge in [-0.05, 0) is 59.0 Å². The van der Waals surface area contributed by atoms with Gasteiger partial charge in [-0.2, -0.15) is 4.98 Å². The number of aromatic nitrogens is 3. The third-order valence-electron chi connectivity index (χ3n) is 6.84. The van der Waals surface area contributed by atoms with Crippen molar-refractivity contribution in [2.24, 2.45) is 5.41 Å². The van der Waals surface area contributed by atoms with Gasteiger partial charge in [-0.15, -0.1) is 0 Å². The van der Waals surface area contributed by atoms with Crippen LogP contribution in [0, 0.1) is 5.41 Å². The Morgan fingerprint density at radius 3 is 2.23 bits per heavy atom. The molecule has 0 saturated heterocycles. The zero-order valence-corrected chi connectivity index (χ0v) is 22.9. The van der Waals surface area contributed by atoms with E-state index in [1.807, 2.05) is 63.2 Å². The van der Waals surface area contributed by atoms with Gasteiger partial charge in [-0.25, -0.2) is 14.8 Å². The Labute approximate surface area is 233 Å². The summed E-state index contributed by atoms with van der Waals surface area (Å²) < 4.78 is 10.8. The van der Waals surface area contributed by atoms with Gasteiger partial charge < -0.3 is 19.9 Å². The minimum Gasteiger partial charge on any atom is -0.481 e. The van der Waals surface area contributed by atoms with Crippen molar-refractivity contribution in [2.45, 2.75) is 39.2 Å². The molecule has 0 spiro atoms. The average molecular weight is 541 g/mol. The lowest BCUT2D eigenvalue weighted by Gasteiger charge is -2.44. The van der Waals surface area contributed by atoms with Crippen LogP contribution in [0.5, 0.6) is 11.8 Å². The summed E-state index contributed by atoms with van der Waals surface area (Å²) in [5.74, 6) is -0.122. The van der Waals surface area contributed by atoms with E-state index in [4.69, 9.17) is 14.5 Å². The van der Waals surface area contributed by atoms with E-state index >= 15 is 0 Å². The first-order valence-electron chi connectivity index (χ1n) is 12.8. The number of esters is 1. The number of methoxy groups -OCH3 is 1. The Balaban J connectivity index is 1.63. The SMILES string of the molecule is COC(=O)c1ccc(C(CC(=O)O)(c2ccnc(Oc3ccc(CNc4ccccn4)cc3)n2)C(C)(C)C)cc1. The zero-order chi connectivity index (χ0) is 28.8. The Bertz CT molecular complexity index is 1450. The van der Waals surface area contributed by atoms with E-state index in [1.54, 1.807) is 42.7 Å². The number of hydrogen-bond donors (Lipinski definition) is 2. The highest BCUT2D eigenvalue weighted by Gasteiger charge is 2.48. The highest BCUT2D eigenvalue weighted by Crippen LogP contribution is 2.49. The minimum atomic E-state index is -1.06. The molecule has 0 aliphatic carbocycles. The molecular formula is C31H32N4O5. The van der Waals surface area contributed by atoms with Crippen LogP contribution in [0.4, 0.5) is 5.82 Å². The number of carboxylic acid groups (broad SMARTS) is 1. The minimum absolute atomic E-state index is 0.0991. The van der Waals surface area contributed by atoms with E-state index in [0.29, 0.717) is 29.1 Å². The second-order valence-electron chi connectivity index (χ2n) is 10.3. The number of carbonyl (C=O) groups is 2. The van der Waals surface area contributed by atoms with Crippen molar-refractivity contribution in [1.82, 2.24) is 15.0 Å². The van der Waals surface area contributed by atoms with Gasteiger partial charge in [0.1, 0.15) is 11.6 Å². The molecule has 9 heteroatoms. The number of benzene rings is 2. The molecule has 2 heterocycles. The van der Waals surface area contributed by atoms with Crippen LogP contribution in [0.15, 0.2) is 85.2 Å². The lowest BCUT2D eigenvalue weighted by molar-refractivity contribution is -0.139. The van der Waals surface area contributed by atoms with Crippen LogP contribution in [0.2, 0.25) is 0 Å². The number of nitrogens with one attached hydrogen (secondary N) is 1. The predicted molar refractivity (Wildman–Crippen MR) is 150 cm³/mol. The fraction of sp³-hybridized carbons (Fsp3) is 0.258. The van der Waals surface area contributed by atoms with Gasteiger partial charge in [0.15, 0.2) is 0 Å². The number of ether oxygens (including phenoxy) is 2. The fourth-order valence-corrected chi connectivity index (χ4v) is 4.73. The number of rotatable bonds is 10. The molecule has 0 fully saturated rings. The molecule has 1 unspecified atom stereocenters. The standard InChI is InChI=1S/C31H32N4O5/c1-30(2,3)31(19-27(36)37,23-12-10-22(11-13-23)28(38)39-4)25-16-18-33-29(35-25)40-24-14-8-21(9-15-24)20-34-26-7-5-6-17-32-26/h5-18H,19-20H2,1-4H3,(H,32,34)(H,36,37). The molecular weight excluding hydrogens is 508 g/mol. The molecule has 206 valence electrons. The van der Waals surface area contributed by atoms with E-state index in [2.05, 4.69) is 15.3 Å². The molecule has 4 aromatic rings. The maximum Gasteiger partial charge on any atom is 0.337 e. The quantitative estimate of drug-likeness (QED) is 0.238. The van der Waals surface area contributed by atoms with Crippen LogP contribution in [0.25, 0.3) is 0 Å². The summed E-state index contributed by atoms with van der Waals surface area (Å²) in [6.45, 7) is 6.49. The summed E-state index contributed by atoms with van der Waals surface area (Å²) in [5.41, 5.74) is 0.951. The van der Waals surface area contributed by atoms with Crippen LogP contribution in [0.1, 0.15) is 54.4 Å². The van der Waals surface area contributed by atoms with Gasteiger partial charge in [-0.1, -0.05) is 51.1 Å². The smallest absolute Gasteiger partial charge is 0.337 e. The summed E-state index contributed by atoms with van der Waals surface area (Å²) in [7, 11) is 1.31. The first-order valence-corrected chi connectivity index (χ1v) is 12.8. The molecule has 0 amide bonds. The molecule has 0 bridgehead atoms. The van der Waals surface area contributed by atoms with E-state index in [0.717, 1.165) is 11.4 Å². The van der Waals surface area contributed by atoms with E-state index in [-0.39, 0.29) is 12.4 Å². The van der Waals surface area contributed by atoms with E-state index < -0.39 is 22.8 Å². The first-order chi connectivity index (χ1) is 19.1. The van der Waals surface area contributed by atoms with Crippen LogP contribution in [-0.2, 0) is 21.5 Å². The van der Waals surface area contributed by atoms with Crippen molar-refractivity contribution in [2.75, 3.05) is 12.4 Å². The Morgan fingerprint density at radius 2 is 1.62 bits per heavy atom. The topological polar surface area (TPSA) is 124 Å². The molecule has 1 atom stereocenters. The van der Waals surface area contributed by atoms with Crippen molar-refractivity contribution < 1.29 is 24.2 Å². The summed E-state index contributed by atoms with van der Waals surface area (Å²) in [6, 6.07) is 21.8. The first kappa shape index (κ1) is 28.2. The molecule has 4 rings (SSSR count). The lowest BCUT2D eigenvalue weighted by Crippen LogP contribution is -2.44. The highest BCUT2D eigenvalue weighted by atomic mass is 16.5. The molecule has 40 heavy (non-hydrogen) atoms. The third kappa shape index (κ3) is 6.26.